The van der Waals surface area contributed by atoms with Crippen LogP contribution in [0.3, 0.4) is 0 Å². The molecule has 2 fully saturated rings. The van der Waals surface area contributed by atoms with Gasteiger partial charge in [-0.05, 0) is 55.9 Å². The molecule has 1 saturated heterocycles. The van der Waals surface area contributed by atoms with E-state index in [-0.39, 0.29) is 28.8 Å². The molecule has 182 valence electrons. The summed E-state index contributed by atoms with van der Waals surface area (Å²) in [5, 5.41) is 8.12. The first-order chi connectivity index (χ1) is 16.6. The minimum atomic E-state index is -4.35. The van der Waals surface area contributed by atoms with Gasteiger partial charge in [-0.25, -0.2) is 4.68 Å². The van der Waals surface area contributed by atoms with Gasteiger partial charge in [0, 0.05) is 18.5 Å². The molecule has 8 heteroatoms. The van der Waals surface area contributed by atoms with Gasteiger partial charge >= 0.3 is 6.18 Å². The number of hydrogen-bond donors (Lipinski definition) is 1. The molecule has 5 nitrogen and oxygen atoms in total. The zero-order chi connectivity index (χ0) is 24.6. The number of carbonyl (C=O) groups is 1. The van der Waals surface area contributed by atoms with Crippen LogP contribution in [0, 0.1) is 5.92 Å². The summed E-state index contributed by atoms with van der Waals surface area (Å²) in [6.45, 7) is 5.37. The number of likely N-dealkylation sites (tertiary alicyclic amines) is 1. The van der Waals surface area contributed by atoms with E-state index in [0.29, 0.717) is 18.7 Å². The third kappa shape index (κ3) is 3.53. The molecule has 2 unspecified atom stereocenters. The van der Waals surface area contributed by atoms with Crippen molar-refractivity contribution < 1.29 is 18.0 Å². The molecule has 2 aromatic carbocycles. The van der Waals surface area contributed by atoms with Gasteiger partial charge in [-0.1, -0.05) is 42.5 Å². The summed E-state index contributed by atoms with van der Waals surface area (Å²) < 4.78 is 40.9. The van der Waals surface area contributed by atoms with Crippen molar-refractivity contribution in [3.05, 3.63) is 83.0 Å². The smallest absolute Gasteiger partial charge is 0.363 e. The maximum atomic E-state index is 13.6. The fourth-order valence-electron chi connectivity index (χ4n) is 6.04. The van der Waals surface area contributed by atoms with Gasteiger partial charge in [-0.3, -0.25) is 4.79 Å². The Labute approximate surface area is 201 Å². The SMILES string of the molecule is CC1(C)C[C@H](c2ccccc2)Nc2c(C(=O)N3CC4CC4(c4ccc(C(F)(F)F)cc4)C3)cnn21. The third-order valence-electron chi connectivity index (χ3n) is 8.01. The number of nitrogens with one attached hydrogen (secondary N) is 1. The lowest BCUT2D eigenvalue weighted by molar-refractivity contribution is -0.137. The molecule has 1 aromatic heterocycles. The first-order valence-electron chi connectivity index (χ1n) is 12.0. The maximum absolute atomic E-state index is 13.6. The van der Waals surface area contributed by atoms with Crippen molar-refractivity contribution in [2.75, 3.05) is 18.4 Å². The van der Waals surface area contributed by atoms with E-state index >= 15 is 0 Å². The molecule has 1 aliphatic carbocycles. The van der Waals surface area contributed by atoms with Crippen molar-refractivity contribution >= 4 is 11.7 Å². The van der Waals surface area contributed by atoms with E-state index in [1.165, 1.54) is 0 Å². The molecular weight excluding hydrogens is 453 g/mol. The number of anilines is 1. The molecule has 0 radical (unpaired) electrons. The van der Waals surface area contributed by atoms with Crippen molar-refractivity contribution in [3.63, 3.8) is 0 Å². The fraction of sp³-hybridized carbons (Fsp3) is 0.407. The second-order valence-electron chi connectivity index (χ2n) is 10.8. The van der Waals surface area contributed by atoms with Gasteiger partial charge in [0.1, 0.15) is 11.4 Å². The molecule has 1 N–H and O–H groups in total. The van der Waals surface area contributed by atoms with Gasteiger partial charge in [-0.2, -0.15) is 18.3 Å². The van der Waals surface area contributed by atoms with Crippen molar-refractivity contribution in [2.24, 2.45) is 5.92 Å². The summed E-state index contributed by atoms with van der Waals surface area (Å²) in [5.41, 5.74) is 1.43. The number of nitrogens with zero attached hydrogens (tertiary/aromatic N) is 3. The lowest BCUT2D eigenvalue weighted by atomic mass is 9.89. The monoisotopic (exact) mass is 480 g/mol. The minimum Gasteiger partial charge on any atom is -0.363 e. The Morgan fingerprint density at radius 2 is 1.77 bits per heavy atom. The Balaban J connectivity index is 1.25. The first-order valence-corrected chi connectivity index (χ1v) is 12.0. The van der Waals surface area contributed by atoms with Crippen LogP contribution >= 0.6 is 0 Å². The van der Waals surface area contributed by atoms with Gasteiger partial charge < -0.3 is 10.2 Å². The Hall–Kier alpha value is -3.29. The van der Waals surface area contributed by atoms with Crippen LogP contribution < -0.4 is 5.32 Å². The molecule has 0 spiro atoms. The second kappa shape index (κ2) is 7.35. The second-order valence-corrected chi connectivity index (χ2v) is 10.8. The molecule has 3 heterocycles. The van der Waals surface area contributed by atoms with E-state index in [0.717, 1.165) is 41.9 Å². The van der Waals surface area contributed by atoms with Gasteiger partial charge in [0.2, 0.25) is 0 Å². The number of alkyl halides is 3. The Kier molecular flexibility index (Phi) is 4.66. The Morgan fingerprint density at radius 1 is 1.06 bits per heavy atom. The molecule has 1 amide bonds. The van der Waals surface area contributed by atoms with Crippen LogP contribution in [0.2, 0.25) is 0 Å². The highest BCUT2D eigenvalue weighted by molar-refractivity contribution is 5.99. The van der Waals surface area contributed by atoms with Crippen molar-refractivity contribution in [1.29, 1.82) is 0 Å². The summed E-state index contributed by atoms with van der Waals surface area (Å²) in [7, 11) is 0. The highest BCUT2D eigenvalue weighted by Gasteiger charge is 2.62. The minimum absolute atomic E-state index is 0.0624. The maximum Gasteiger partial charge on any atom is 0.416 e. The first kappa shape index (κ1) is 22.2. The average molecular weight is 481 g/mol. The summed E-state index contributed by atoms with van der Waals surface area (Å²) in [6.07, 6.45) is -0.969. The largest absolute Gasteiger partial charge is 0.416 e. The van der Waals surface area contributed by atoms with Crippen LogP contribution in [-0.4, -0.2) is 33.7 Å². The van der Waals surface area contributed by atoms with E-state index in [1.807, 2.05) is 27.8 Å². The van der Waals surface area contributed by atoms with E-state index in [9.17, 15) is 18.0 Å². The van der Waals surface area contributed by atoms with Crippen LogP contribution in [0.25, 0.3) is 0 Å². The van der Waals surface area contributed by atoms with Crippen LogP contribution in [0.15, 0.2) is 60.8 Å². The van der Waals surface area contributed by atoms with Gasteiger partial charge in [0.15, 0.2) is 0 Å². The van der Waals surface area contributed by atoms with E-state index in [1.54, 1.807) is 18.3 Å². The lowest BCUT2D eigenvalue weighted by Crippen LogP contribution is -2.39. The molecule has 3 atom stereocenters. The number of amides is 1. The molecule has 2 aliphatic heterocycles. The number of halogens is 3. The third-order valence-corrected chi connectivity index (χ3v) is 8.01. The number of aromatic nitrogens is 2. The molecular formula is C27H27F3N4O. The van der Waals surface area contributed by atoms with Crippen molar-refractivity contribution in [3.8, 4) is 0 Å². The normalized spacial score (nSPS) is 26.6. The van der Waals surface area contributed by atoms with Crippen LogP contribution in [0.4, 0.5) is 19.0 Å². The number of carbonyl (C=O) groups excluding carboxylic acids is 1. The predicted molar refractivity (Wildman–Crippen MR) is 126 cm³/mol. The highest BCUT2D eigenvalue weighted by Crippen LogP contribution is 2.59. The molecule has 3 aromatic rings. The van der Waals surface area contributed by atoms with Crippen LogP contribution in [-0.2, 0) is 17.1 Å². The molecule has 1 saturated carbocycles. The van der Waals surface area contributed by atoms with Gasteiger partial charge in [0.25, 0.3) is 5.91 Å². The summed E-state index contributed by atoms with van der Waals surface area (Å²) in [4.78, 5) is 15.5. The van der Waals surface area contributed by atoms with Crippen molar-refractivity contribution in [1.82, 2.24) is 14.7 Å². The Bertz CT molecular complexity index is 1280. The standard InChI is InChI=1S/C27H27F3N4O/c1-25(2)13-22(17-6-4-3-5-7-17)32-23-21(14-31-34(23)25)24(35)33-15-20-12-26(20,16-33)18-8-10-19(11-9-18)27(28,29)30/h3-11,14,20,22,32H,12-13,15-16H2,1-2H3/t20?,22-,26?/m1/s1. The summed E-state index contributed by atoms with van der Waals surface area (Å²) >= 11 is 0. The molecule has 0 bridgehead atoms. The number of piperidine rings is 1. The molecule has 3 aliphatic rings. The number of benzene rings is 2. The number of hydrogen-bond acceptors (Lipinski definition) is 3. The van der Waals surface area contributed by atoms with E-state index < -0.39 is 11.7 Å². The number of rotatable bonds is 3. The van der Waals surface area contributed by atoms with E-state index in [2.05, 4.69) is 36.4 Å². The van der Waals surface area contributed by atoms with Crippen molar-refractivity contribution in [2.45, 2.75) is 49.9 Å². The summed E-state index contributed by atoms with van der Waals surface area (Å²) in [5.74, 6) is 0.919. The quantitative estimate of drug-likeness (QED) is 0.530. The topological polar surface area (TPSA) is 50.2 Å². The molecule has 35 heavy (non-hydrogen) atoms. The average Bonchev–Trinajstić information content (AvgIpc) is 3.16. The number of fused-ring (bicyclic) bond motifs is 2. The fourth-order valence-corrected chi connectivity index (χ4v) is 6.04. The van der Waals surface area contributed by atoms with E-state index in [4.69, 9.17) is 0 Å². The lowest BCUT2D eigenvalue weighted by Gasteiger charge is -2.38. The van der Waals surface area contributed by atoms with Crippen LogP contribution in [0.5, 0.6) is 0 Å². The van der Waals surface area contributed by atoms with Gasteiger partial charge in [-0.15, -0.1) is 0 Å². The summed E-state index contributed by atoms with van der Waals surface area (Å²) in [6, 6.07) is 15.7. The predicted octanol–water partition coefficient (Wildman–Crippen LogP) is 5.61. The zero-order valence-electron chi connectivity index (χ0n) is 19.6. The van der Waals surface area contributed by atoms with Gasteiger partial charge in [0.05, 0.1) is 23.3 Å². The zero-order valence-corrected chi connectivity index (χ0v) is 19.6. The van der Waals surface area contributed by atoms with Crippen LogP contribution in [0.1, 0.15) is 59.8 Å². The molecule has 6 rings (SSSR count). The Morgan fingerprint density at radius 3 is 2.46 bits per heavy atom. The highest BCUT2D eigenvalue weighted by atomic mass is 19.4.